The molecule has 0 aliphatic carbocycles. The Hall–Kier alpha value is -2.36. The van der Waals surface area contributed by atoms with Crippen molar-refractivity contribution in [3.63, 3.8) is 0 Å². The summed E-state index contributed by atoms with van der Waals surface area (Å²) in [7, 11) is 0. The first-order chi connectivity index (χ1) is 11.5. The van der Waals surface area contributed by atoms with Crippen LogP contribution in [-0.4, -0.2) is 12.8 Å². The van der Waals surface area contributed by atoms with Crippen molar-refractivity contribution in [1.29, 1.82) is 5.26 Å². The van der Waals surface area contributed by atoms with E-state index < -0.39 is 12.8 Å². The van der Waals surface area contributed by atoms with Gasteiger partial charge in [0.25, 0.3) is 0 Å². The highest BCUT2D eigenvalue weighted by Gasteiger charge is 2.27. The van der Waals surface area contributed by atoms with E-state index in [0.29, 0.717) is 24.2 Å². The molecule has 0 aliphatic rings. The molecule has 0 fully saturated rings. The SMILES string of the molecule is N#Cc1cccc(CNCc2ccc(COCC(F)(F)F)cc2)c1. The van der Waals surface area contributed by atoms with Gasteiger partial charge in [-0.25, -0.2) is 0 Å². The zero-order chi connectivity index (χ0) is 17.4. The third-order valence-electron chi connectivity index (χ3n) is 3.27. The summed E-state index contributed by atoms with van der Waals surface area (Å²) in [6, 6.07) is 16.7. The highest BCUT2D eigenvalue weighted by Crippen LogP contribution is 2.16. The number of nitrogens with zero attached hydrogens (tertiary/aromatic N) is 1. The van der Waals surface area contributed by atoms with E-state index in [0.717, 1.165) is 11.1 Å². The van der Waals surface area contributed by atoms with E-state index in [2.05, 4.69) is 16.1 Å². The van der Waals surface area contributed by atoms with Crippen LogP contribution in [0.1, 0.15) is 22.3 Å². The molecule has 0 aliphatic heterocycles. The Morgan fingerprint density at radius 3 is 2.29 bits per heavy atom. The fourth-order valence-electron chi connectivity index (χ4n) is 2.14. The van der Waals surface area contributed by atoms with Crippen molar-refractivity contribution >= 4 is 0 Å². The van der Waals surface area contributed by atoms with Crippen LogP contribution in [0, 0.1) is 11.3 Å². The number of alkyl halides is 3. The van der Waals surface area contributed by atoms with Gasteiger partial charge in [-0.05, 0) is 28.8 Å². The second kappa shape index (κ2) is 8.48. The van der Waals surface area contributed by atoms with Gasteiger partial charge in [0, 0.05) is 13.1 Å². The van der Waals surface area contributed by atoms with Crippen molar-refractivity contribution in [2.24, 2.45) is 0 Å². The number of benzene rings is 2. The maximum Gasteiger partial charge on any atom is 0.411 e. The molecule has 0 bridgehead atoms. The lowest BCUT2D eigenvalue weighted by Crippen LogP contribution is -2.16. The molecule has 1 N–H and O–H groups in total. The number of ether oxygens (including phenoxy) is 1. The second-order valence-corrected chi connectivity index (χ2v) is 5.34. The Labute approximate surface area is 138 Å². The summed E-state index contributed by atoms with van der Waals surface area (Å²) in [4.78, 5) is 0. The molecule has 0 spiro atoms. The largest absolute Gasteiger partial charge is 0.411 e. The third kappa shape index (κ3) is 6.41. The summed E-state index contributed by atoms with van der Waals surface area (Å²) < 4.78 is 40.6. The maximum atomic E-state index is 12.0. The molecule has 0 saturated heterocycles. The minimum Gasteiger partial charge on any atom is -0.367 e. The Kier molecular flexibility index (Phi) is 6.36. The van der Waals surface area contributed by atoms with E-state index in [1.54, 1.807) is 18.2 Å². The standard InChI is InChI=1S/C18H17F3N2O/c19-18(20,21)13-24-12-15-6-4-14(5-7-15)10-23-11-17-3-1-2-16(8-17)9-22/h1-8,23H,10-13H2. The van der Waals surface area contributed by atoms with Crippen LogP contribution in [0.3, 0.4) is 0 Å². The van der Waals surface area contributed by atoms with Crippen LogP contribution in [0.4, 0.5) is 13.2 Å². The molecule has 6 heteroatoms. The smallest absolute Gasteiger partial charge is 0.367 e. The molecule has 0 aromatic heterocycles. The normalized spacial score (nSPS) is 11.2. The first kappa shape index (κ1) is 18.0. The van der Waals surface area contributed by atoms with Crippen molar-refractivity contribution in [3.05, 3.63) is 70.8 Å². The van der Waals surface area contributed by atoms with Crippen LogP contribution in [0.5, 0.6) is 0 Å². The van der Waals surface area contributed by atoms with Gasteiger partial charge in [0.2, 0.25) is 0 Å². The Morgan fingerprint density at radius 1 is 0.958 bits per heavy atom. The monoisotopic (exact) mass is 334 g/mol. The molecule has 0 radical (unpaired) electrons. The van der Waals surface area contributed by atoms with Gasteiger partial charge >= 0.3 is 6.18 Å². The van der Waals surface area contributed by atoms with Crippen LogP contribution in [0.2, 0.25) is 0 Å². The highest BCUT2D eigenvalue weighted by molar-refractivity contribution is 5.32. The van der Waals surface area contributed by atoms with Gasteiger partial charge in [-0.15, -0.1) is 0 Å². The maximum absolute atomic E-state index is 12.0. The summed E-state index contributed by atoms with van der Waals surface area (Å²) in [5.74, 6) is 0. The van der Waals surface area contributed by atoms with E-state index in [1.165, 1.54) is 0 Å². The number of nitriles is 1. The molecule has 2 aromatic rings. The number of hydrogen-bond acceptors (Lipinski definition) is 3. The number of halogens is 3. The molecule has 0 atom stereocenters. The van der Waals surface area contributed by atoms with Gasteiger partial charge in [-0.3, -0.25) is 0 Å². The fraction of sp³-hybridized carbons (Fsp3) is 0.278. The summed E-state index contributed by atoms with van der Waals surface area (Å²) >= 11 is 0. The molecule has 0 heterocycles. The molecule has 0 saturated carbocycles. The van der Waals surface area contributed by atoms with Crippen LogP contribution in [0.15, 0.2) is 48.5 Å². The number of nitrogens with one attached hydrogen (secondary N) is 1. The molecule has 0 amide bonds. The van der Waals surface area contributed by atoms with E-state index in [4.69, 9.17) is 5.26 Å². The van der Waals surface area contributed by atoms with Crippen molar-refractivity contribution in [1.82, 2.24) is 5.32 Å². The lowest BCUT2D eigenvalue weighted by atomic mass is 10.1. The molecule has 3 nitrogen and oxygen atoms in total. The summed E-state index contributed by atoms with van der Waals surface area (Å²) in [5.41, 5.74) is 3.36. The van der Waals surface area contributed by atoms with Gasteiger partial charge < -0.3 is 10.1 Å². The molecular formula is C18H17F3N2O. The zero-order valence-corrected chi connectivity index (χ0v) is 12.9. The molecule has 2 aromatic carbocycles. The number of rotatable bonds is 7. The third-order valence-corrected chi connectivity index (χ3v) is 3.27. The fourth-order valence-corrected chi connectivity index (χ4v) is 2.14. The quantitative estimate of drug-likeness (QED) is 0.834. The minimum absolute atomic E-state index is 0.0613. The van der Waals surface area contributed by atoms with Gasteiger partial charge in [0.15, 0.2) is 0 Å². The number of hydrogen-bond donors (Lipinski definition) is 1. The Balaban J connectivity index is 1.76. The molecule has 126 valence electrons. The van der Waals surface area contributed by atoms with E-state index >= 15 is 0 Å². The van der Waals surface area contributed by atoms with Gasteiger partial charge in [-0.1, -0.05) is 36.4 Å². The molecule has 2 rings (SSSR count). The lowest BCUT2D eigenvalue weighted by molar-refractivity contribution is -0.176. The minimum atomic E-state index is -4.30. The van der Waals surface area contributed by atoms with E-state index in [1.807, 2.05) is 30.3 Å². The van der Waals surface area contributed by atoms with Gasteiger partial charge in [-0.2, -0.15) is 18.4 Å². The predicted octanol–water partition coefficient (Wildman–Crippen LogP) is 3.93. The first-order valence-electron chi connectivity index (χ1n) is 7.38. The van der Waals surface area contributed by atoms with Gasteiger partial charge in [0.1, 0.15) is 6.61 Å². The van der Waals surface area contributed by atoms with Crippen molar-refractivity contribution < 1.29 is 17.9 Å². The Bertz CT molecular complexity index is 691. The molecular weight excluding hydrogens is 317 g/mol. The molecule has 24 heavy (non-hydrogen) atoms. The summed E-state index contributed by atoms with van der Waals surface area (Å²) in [6.07, 6.45) is -4.30. The van der Waals surface area contributed by atoms with Crippen LogP contribution in [0.25, 0.3) is 0 Å². The van der Waals surface area contributed by atoms with Crippen LogP contribution in [-0.2, 0) is 24.4 Å². The lowest BCUT2D eigenvalue weighted by Gasteiger charge is -2.09. The first-order valence-corrected chi connectivity index (χ1v) is 7.38. The average molecular weight is 334 g/mol. The second-order valence-electron chi connectivity index (χ2n) is 5.34. The van der Waals surface area contributed by atoms with E-state index in [-0.39, 0.29) is 6.61 Å². The van der Waals surface area contributed by atoms with Crippen LogP contribution < -0.4 is 5.32 Å². The average Bonchev–Trinajstić information content (AvgIpc) is 2.55. The van der Waals surface area contributed by atoms with Gasteiger partial charge in [0.05, 0.1) is 18.2 Å². The van der Waals surface area contributed by atoms with Crippen molar-refractivity contribution in [2.45, 2.75) is 25.9 Å². The Morgan fingerprint density at radius 2 is 1.62 bits per heavy atom. The van der Waals surface area contributed by atoms with Crippen molar-refractivity contribution in [2.75, 3.05) is 6.61 Å². The molecule has 0 unspecified atom stereocenters. The predicted molar refractivity (Wildman–Crippen MR) is 83.9 cm³/mol. The van der Waals surface area contributed by atoms with E-state index in [9.17, 15) is 13.2 Å². The summed E-state index contributed by atoms with van der Waals surface area (Å²) in [5, 5.41) is 12.1. The summed E-state index contributed by atoms with van der Waals surface area (Å²) in [6.45, 7) is -0.0430. The van der Waals surface area contributed by atoms with Crippen molar-refractivity contribution in [3.8, 4) is 6.07 Å². The van der Waals surface area contributed by atoms with Crippen LogP contribution >= 0.6 is 0 Å². The highest BCUT2D eigenvalue weighted by atomic mass is 19.4. The zero-order valence-electron chi connectivity index (χ0n) is 12.9. The topological polar surface area (TPSA) is 45.0 Å².